The highest BCUT2D eigenvalue weighted by molar-refractivity contribution is 5.90. The van der Waals surface area contributed by atoms with E-state index in [-0.39, 0.29) is 24.3 Å². The molecule has 7 nitrogen and oxygen atoms in total. The molecular weight excluding hydrogens is 258 g/mol. The zero-order chi connectivity index (χ0) is 14.5. The van der Waals surface area contributed by atoms with Crippen LogP contribution in [0.25, 0.3) is 0 Å². The van der Waals surface area contributed by atoms with Crippen LogP contribution in [-0.2, 0) is 16.1 Å². The molecule has 110 valence electrons. The van der Waals surface area contributed by atoms with E-state index in [9.17, 15) is 9.59 Å². The van der Waals surface area contributed by atoms with Gasteiger partial charge in [-0.3, -0.25) is 9.59 Å². The number of hydrogen-bond acceptors (Lipinski definition) is 4. The number of amides is 2. The van der Waals surface area contributed by atoms with Crippen LogP contribution in [0.3, 0.4) is 0 Å². The summed E-state index contributed by atoms with van der Waals surface area (Å²) in [5.41, 5.74) is 0. The van der Waals surface area contributed by atoms with Crippen LogP contribution in [0.5, 0.6) is 0 Å². The molecule has 1 aliphatic heterocycles. The minimum atomic E-state index is -0.116. The maximum Gasteiger partial charge on any atom is 0.244 e. The molecule has 7 heteroatoms. The number of carbonyl (C=O) groups is 2. The maximum atomic E-state index is 12.1. The molecule has 1 aromatic rings. The Hall–Kier alpha value is -1.92. The highest BCUT2D eigenvalue weighted by Crippen LogP contribution is 2.10. The predicted molar refractivity (Wildman–Crippen MR) is 73.9 cm³/mol. The van der Waals surface area contributed by atoms with E-state index in [1.54, 1.807) is 20.0 Å². The molecule has 0 aromatic carbocycles. The van der Waals surface area contributed by atoms with Crippen molar-refractivity contribution in [1.82, 2.24) is 19.9 Å². The van der Waals surface area contributed by atoms with Gasteiger partial charge in [-0.2, -0.15) is 0 Å². The molecule has 0 unspecified atom stereocenters. The fourth-order valence-electron chi connectivity index (χ4n) is 2.09. The molecule has 2 heterocycles. The standard InChI is InChI=1S/C13H21N5O2/c1-10(2)13(20)14-11-8-18(16-15-11)9-12(19)17-6-4-3-5-7-17/h8,10H,3-7,9H2,1-2H3,(H,14,20). The second-order valence-electron chi connectivity index (χ2n) is 5.39. The van der Waals surface area contributed by atoms with Gasteiger partial charge in [0.15, 0.2) is 5.82 Å². The third-order valence-electron chi connectivity index (χ3n) is 3.32. The lowest BCUT2D eigenvalue weighted by Crippen LogP contribution is -2.37. The van der Waals surface area contributed by atoms with Crippen molar-refractivity contribution in [2.24, 2.45) is 5.92 Å². The van der Waals surface area contributed by atoms with Crippen molar-refractivity contribution in [3.05, 3.63) is 6.20 Å². The van der Waals surface area contributed by atoms with E-state index in [1.807, 2.05) is 4.90 Å². The lowest BCUT2D eigenvalue weighted by Gasteiger charge is -2.26. The second kappa shape index (κ2) is 6.49. The molecule has 0 radical (unpaired) electrons. The van der Waals surface area contributed by atoms with Crippen molar-refractivity contribution in [2.75, 3.05) is 18.4 Å². The van der Waals surface area contributed by atoms with Gasteiger partial charge >= 0.3 is 0 Å². The summed E-state index contributed by atoms with van der Waals surface area (Å²) >= 11 is 0. The third-order valence-corrected chi connectivity index (χ3v) is 3.32. The van der Waals surface area contributed by atoms with Crippen LogP contribution in [-0.4, -0.2) is 44.8 Å². The molecule has 1 aliphatic rings. The third kappa shape index (κ3) is 3.79. The van der Waals surface area contributed by atoms with E-state index in [4.69, 9.17) is 0 Å². The zero-order valence-corrected chi connectivity index (χ0v) is 12.0. The van der Waals surface area contributed by atoms with Crippen LogP contribution >= 0.6 is 0 Å². The van der Waals surface area contributed by atoms with Crippen molar-refractivity contribution in [3.8, 4) is 0 Å². The molecule has 1 aromatic heterocycles. The predicted octanol–water partition coefficient (Wildman–Crippen LogP) is 0.885. The zero-order valence-electron chi connectivity index (χ0n) is 12.0. The van der Waals surface area contributed by atoms with Crippen molar-refractivity contribution in [1.29, 1.82) is 0 Å². The average Bonchev–Trinajstić information content (AvgIpc) is 2.86. The lowest BCUT2D eigenvalue weighted by atomic mass is 10.1. The normalized spacial score (nSPS) is 15.4. The summed E-state index contributed by atoms with van der Waals surface area (Å²) in [4.78, 5) is 25.4. The molecule has 0 atom stereocenters. The Kier molecular flexibility index (Phi) is 4.70. The number of likely N-dealkylation sites (tertiary alicyclic amines) is 1. The number of aromatic nitrogens is 3. The van der Waals surface area contributed by atoms with Crippen LogP contribution in [0, 0.1) is 5.92 Å². The molecule has 0 saturated carbocycles. The van der Waals surface area contributed by atoms with E-state index < -0.39 is 0 Å². The molecule has 1 N–H and O–H groups in total. The van der Waals surface area contributed by atoms with Gasteiger partial charge in [-0.15, -0.1) is 5.10 Å². The number of nitrogens with one attached hydrogen (secondary N) is 1. The summed E-state index contributed by atoms with van der Waals surface area (Å²) in [7, 11) is 0. The topological polar surface area (TPSA) is 80.1 Å². The Morgan fingerprint density at radius 3 is 2.65 bits per heavy atom. The van der Waals surface area contributed by atoms with Crippen molar-refractivity contribution in [2.45, 2.75) is 39.7 Å². The first-order chi connectivity index (χ1) is 9.56. The first-order valence-corrected chi connectivity index (χ1v) is 7.05. The van der Waals surface area contributed by atoms with E-state index in [2.05, 4.69) is 15.6 Å². The first-order valence-electron chi connectivity index (χ1n) is 7.05. The number of carbonyl (C=O) groups excluding carboxylic acids is 2. The van der Waals surface area contributed by atoms with Crippen LogP contribution in [0.1, 0.15) is 33.1 Å². The fourth-order valence-corrected chi connectivity index (χ4v) is 2.09. The Morgan fingerprint density at radius 1 is 1.30 bits per heavy atom. The number of anilines is 1. The van der Waals surface area contributed by atoms with Crippen LogP contribution in [0.2, 0.25) is 0 Å². The summed E-state index contributed by atoms with van der Waals surface area (Å²) in [5.74, 6) is 0.209. The second-order valence-corrected chi connectivity index (χ2v) is 5.39. The van der Waals surface area contributed by atoms with Crippen LogP contribution in [0.4, 0.5) is 5.82 Å². The van der Waals surface area contributed by atoms with Crippen molar-refractivity contribution in [3.63, 3.8) is 0 Å². The Balaban J connectivity index is 1.88. The summed E-state index contributed by atoms with van der Waals surface area (Å²) < 4.78 is 1.47. The Labute approximate surface area is 118 Å². The monoisotopic (exact) mass is 279 g/mol. The highest BCUT2D eigenvalue weighted by Gasteiger charge is 2.17. The largest absolute Gasteiger partial charge is 0.341 e. The van der Waals surface area contributed by atoms with Crippen molar-refractivity contribution < 1.29 is 9.59 Å². The van der Waals surface area contributed by atoms with Gasteiger partial charge in [-0.1, -0.05) is 19.1 Å². The summed E-state index contributed by atoms with van der Waals surface area (Å²) in [6, 6.07) is 0. The Bertz CT molecular complexity index is 477. The van der Waals surface area contributed by atoms with Gasteiger partial charge in [0.05, 0.1) is 6.20 Å². The van der Waals surface area contributed by atoms with E-state index in [1.165, 1.54) is 11.1 Å². The molecule has 0 spiro atoms. The number of nitrogens with zero attached hydrogens (tertiary/aromatic N) is 4. The maximum absolute atomic E-state index is 12.1. The smallest absolute Gasteiger partial charge is 0.244 e. The molecule has 1 saturated heterocycles. The first kappa shape index (κ1) is 14.5. The minimum Gasteiger partial charge on any atom is -0.341 e. The lowest BCUT2D eigenvalue weighted by molar-refractivity contribution is -0.133. The Morgan fingerprint density at radius 2 is 2.00 bits per heavy atom. The molecule has 2 amide bonds. The molecule has 20 heavy (non-hydrogen) atoms. The average molecular weight is 279 g/mol. The van der Waals surface area contributed by atoms with Gasteiger partial charge in [0.1, 0.15) is 6.54 Å². The van der Waals surface area contributed by atoms with E-state index in [0.717, 1.165) is 25.9 Å². The van der Waals surface area contributed by atoms with Gasteiger partial charge in [0.2, 0.25) is 11.8 Å². The van der Waals surface area contributed by atoms with Crippen LogP contribution in [0.15, 0.2) is 6.20 Å². The van der Waals surface area contributed by atoms with Gasteiger partial charge < -0.3 is 10.2 Å². The van der Waals surface area contributed by atoms with Crippen LogP contribution < -0.4 is 5.32 Å². The fraction of sp³-hybridized carbons (Fsp3) is 0.692. The van der Waals surface area contributed by atoms with Gasteiger partial charge in [0.25, 0.3) is 0 Å². The number of hydrogen-bond donors (Lipinski definition) is 1. The van der Waals surface area contributed by atoms with Gasteiger partial charge in [-0.25, -0.2) is 4.68 Å². The highest BCUT2D eigenvalue weighted by atomic mass is 16.2. The number of rotatable bonds is 4. The quantitative estimate of drug-likeness (QED) is 0.887. The SMILES string of the molecule is CC(C)C(=O)Nc1cn(CC(=O)N2CCCCC2)nn1. The molecule has 0 aliphatic carbocycles. The van der Waals surface area contributed by atoms with E-state index >= 15 is 0 Å². The molecule has 1 fully saturated rings. The van der Waals surface area contributed by atoms with Gasteiger partial charge in [0, 0.05) is 19.0 Å². The summed E-state index contributed by atoms with van der Waals surface area (Å²) in [5, 5.41) is 10.4. The molecule has 0 bridgehead atoms. The summed E-state index contributed by atoms with van der Waals surface area (Å²) in [6.07, 6.45) is 4.91. The van der Waals surface area contributed by atoms with E-state index in [0.29, 0.717) is 5.82 Å². The minimum absolute atomic E-state index is 0.0522. The molecular formula is C13H21N5O2. The number of piperidine rings is 1. The van der Waals surface area contributed by atoms with Gasteiger partial charge in [-0.05, 0) is 19.3 Å². The summed E-state index contributed by atoms with van der Waals surface area (Å²) in [6.45, 7) is 5.43. The molecule has 2 rings (SSSR count). The van der Waals surface area contributed by atoms with Crippen molar-refractivity contribution >= 4 is 17.6 Å².